The third-order valence-electron chi connectivity index (χ3n) is 3.00. The highest BCUT2D eigenvalue weighted by Crippen LogP contribution is 2.11. The molecule has 0 atom stereocenters. The molecule has 0 saturated carbocycles. The molecule has 0 saturated heterocycles. The third-order valence-corrected chi connectivity index (χ3v) is 3.64. The lowest BCUT2D eigenvalue weighted by Gasteiger charge is -2.06. The molecule has 0 amide bonds. The summed E-state index contributed by atoms with van der Waals surface area (Å²) in [5.41, 5.74) is 2.73. The Kier molecular flexibility index (Phi) is 5.21. The lowest BCUT2D eigenvalue weighted by atomic mass is 10.1. The minimum absolute atomic E-state index is 0.836. The van der Waals surface area contributed by atoms with Crippen molar-refractivity contribution in [3.8, 4) is 0 Å². The van der Waals surface area contributed by atoms with Gasteiger partial charge in [0.05, 0.1) is 0 Å². The van der Waals surface area contributed by atoms with Gasteiger partial charge in [-0.15, -0.1) is 22.0 Å². The zero-order chi connectivity index (χ0) is 13.5. The van der Waals surface area contributed by atoms with Crippen molar-refractivity contribution in [3.05, 3.63) is 47.5 Å². The summed E-state index contributed by atoms with van der Waals surface area (Å²) >= 11 is 1.60. The molecule has 2 aromatic rings. The van der Waals surface area contributed by atoms with E-state index in [0.717, 1.165) is 30.2 Å². The molecule has 0 aliphatic heterocycles. The molecule has 0 aliphatic carbocycles. The molecule has 1 aromatic heterocycles. The Labute approximate surface area is 118 Å². The number of aryl methyl sites for hydroxylation is 1. The van der Waals surface area contributed by atoms with Crippen LogP contribution in [-0.2, 0) is 12.8 Å². The van der Waals surface area contributed by atoms with Crippen LogP contribution in [0.3, 0.4) is 0 Å². The molecule has 2 rings (SSSR count). The van der Waals surface area contributed by atoms with E-state index in [0.29, 0.717) is 0 Å². The van der Waals surface area contributed by atoms with Gasteiger partial charge in [-0.2, -0.15) is 0 Å². The first-order chi connectivity index (χ1) is 9.31. The Hall–Kier alpha value is -1.55. The zero-order valence-electron chi connectivity index (χ0n) is 11.4. The van der Waals surface area contributed by atoms with Crippen LogP contribution in [-0.4, -0.2) is 23.0 Å². The van der Waals surface area contributed by atoms with Gasteiger partial charge in [0.1, 0.15) is 10.8 Å². The number of aromatic nitrogens is 2. The summed E-state index contributed by atoms with van der Waals surface area (Å²) in [6.45, 7) is 3.05. The number of thioether (sulfide) groups is 1. The summed E-state index contributed by atoms with van der Waals surface area (Å²) < 4.78 is 0. The van der Waals surface area contributed by atoms with E-state index in [1.807, 2.05) is 18.4 Å². The number of nitrogens with zero attached hydrogens (tertiary/aromatic N) is 2. The van der Waals surface area contributed by atoms with Crippen LogP contribution in [0.4, 0.5) is 5.82 Å². The van der Waals surface area contributed by atoms with E-state index >= 15 is 0 Å². The van der Waals surface area contributed by atoms with Gasteiger partial charge in [0.15, 0.2) is 0 Å². The molecule has 0 radical (unpaired) electrons. The van der Waals surface area contributed by atoms with E-state index in [9.17, 15) is 0 Å². The predicted octanol–water partition coefficient (Wildman–Crippen LogP) is 3.42. The van der Waals surface area contributed by atoms with E-state index < -0.39 is 0 Å². The van der Waals surface area contributed by atoms with Crippen molar-refractivity contribution in [1.82, 2.24) is 10.2 Å². The molecular formula is C15H19N3S. The van der Waals surface area contributed by atoms with Crippen molar-refractivity contribution in [2.24, 2.45) is 0 Å². The van der Waals surface area contributed by atoms with Crippen LogP contribution in [0.2, 0.25) is 0 Å². The number of hydrogen-bond donors (Lipinski definition) is 1. The molecule has 1 heterocycles. The van der Waals surface area contributed by atoms with E-state index in [4.69, 9.17) is 0 Å². The lowest BCUT2D eigenvalue weighted by Crippen LogP contribution is -2.07. The summed E-state index contributed by atoms with van der Waals surface area (Å²) in [5, 5.41) is 12.5. The van der Waals surface area contributed by atoms with Crippen LogP contribution < -0.4 is 5.32 Å². The van der Waals surface area contributed by atoms with Crippen molar-refractivity contribution in [3.63, 3.8) is 0 Å². The molecule has 4 heteroatoms. The molecule has 0 aliphatic rings. The minimum Gasteiger partial charge on any atom is -0.368 e. The fourth-order valence-electron chi connectivity index (χ4n) is 1.80. The normalized spacial score (nSPS) is 10.4. The van der Waals surface area contributed by atoms with Crippen molar-refractivity contribution in [1.29, 1.82) is 0 Å². The molecule has 0 bridgehead atoms. The molecule has 19 heavy (non-hydrogen) atoms. The number of benzene rings is 1. The summed E-state index contributed by atoms with van der Waals surface area (Å²) in [7, 11) is 0. The van der Waals surface area contributed by atoms with Gasteiger partial charge in [-0.05, 0) is 42.4 Å². The van der Waals surface area contributed by atoms with Crippen LogP contribution in [0.1, 0.15) is 18.1 Å². The maximum Gasteiger partial charge on any atom is 0.148 e. The van der Waals surface area contributed by atoms with Gasteiger partial charge in [-0.1, -0.05) is 31.2 Å². The molecule has 1 aromatic carbocycles. The van der Waals surface area contributed by atoms with E-state index in [2.05, 4.69) is 46.7 Å². The average Bonchev–Trinajstić information content (AvgIpc) is 2.49. The van der Waals surface area contributed by atoms with Crippen molar-refractivity contribution >= 4 is 17.6 Å². The van der Waals surface area contributed by atoms with Gasteiger partial charge in [-0.3, -0.25) is 0 Å². The Morgan fingerprint density at radius 2 is 1.74 bits per heavy atom. The quantitative estimate of drug-likeness (QED) is 0.818. The fraction of sp³-hybridized carbons (Fsp3) is 0.333. The van der Waals surface area contributed by atoms with Crippen LogP contribution in [0.5, 0.6) is 0 Å². The van der Waals surface area contributed by atoms with Gasteiger partial charge in [0, 0.05) is 6.54 Å². The second kappa shape index (κ2) is 7.14. The second-order valence-electron chi connectivity index (χ2n) is 4.31. The van der Waals surface area contributed by atoms with Gasteiger partial charge >= 0.3 is 0 Å². The average molecular weight is 273 g/mol. The van der Waals surface area contributed by atoms with Gasteiger partial charge in [0.2, 0.25) is 0 Å². The topological polar surface area (TPSA) is 37.8 Å². The maximum absolute atomic E-state index is 4.13. The van der Waals surface area contributed by atoms with Crippen molar-refractivity contribution < 1.29 is 0 Å². The summed E-state index contributed by atoms with van der Waals surface area (Å²) in [4.78, 5) is 0. The number of hydrogen-bond acceptors (Lipinski definition) is 4. The Morgan fingerprint density at radius 1 is 1.00 bits per heavy atom. The van der Waals surface area contributed by atoms with E-state index in [-0.39, 0.29) is 0 Å². The Morgan fingerprint density at radius 3 is 2.32 bits per heavy atom. The first kappa shape index (κ1) is 13.9. The van der Waals surface area contributed by atoms with Crippen LogP contribution in [0.25, 0.3) is 0 Å². The van der Waals surface area contributed by atoms with Gasteiger partial charge in [0.25, 0.3) is 0 Å². The van der Waals surface area contributed by atoms with Crippen LogP contribution >= 0.6 is 11.8 Å². The number of rotatable bonds is 6. The fourth-order valence-corrected chi connectivity index (χ4v) is 2.13. The Bertz CT molecular complexity index is 446. The minimum atomic E-state index is 0.836. The molecule has 0 unspecified atom stereocenters. The second-order valence-corrected chi connectivity index (χ2v) is 5.13. The standard InChI is InChI=1S/C15H19N3S/c1-3-12-4-6-13(7-5-12)10-11-16-14-8-9-15(19-2)18-17-14/h4-9H,3,10-11H2,1-2H3,(H,16,17). The Balaban J connectivity index is 1.81. The monoisotopic (exact) mass is 273 g/mol. The van der Waals surface area contributed by atoms with Crippen molar-refractivity contribution in [2.45, 2.75) is 24.8 Å². The maximum atomic E-state index is 4.13. The molecule has 100 valence electrons. The molecule has 0 fully saturated rings. The smallest absolute Gasteiger partial charge is 0.148 e. The predicted molar refractivity (Wildman–Crippen MR) is 81.8 cm³/mol. The summed E-state index contributed by atoms with van der Waals surface area (Å²) in [5.74, 6) is 0.836. The highest BCUT2D eigenvalue weighted by atomic mass is 32.2. The molecular weight excluding hydrogens is 254 g/mol. The SMILES string of the molecule is CCc1ccc(CCNc2ccc(SC)nn2)cc1. The first-order valence-corrected chi connectivity index (χ1v) is 7.73. The molecule has 1 N–H and O–H groups in total. The molecule has 3 nitrogen and oxygen atoms in total. The van der Waals surface area contributed by atoms with E-state index in [1.165, 1.54) is 11.1 Å². The van der Waals surface area contributed by atoms with E-state index in [1.54, 1.807) is 11.8 Å². The molecule has 0 spiro atoms. The van der Waals surface area contributed by atoms with Crippen molar-refractivity contribution in [2.75, 3.05) is 18.1 Å². The van der Waals surface area contributed by atoms with Crippen LogP contribution in [0, 0.1) is 0 Å². The highest BCUT2D eigenvalue weighted by molar-refractivity contribution is 7.98. The largest absolute Gasteiger partial charge is 0.368 e. The summed E-state index contributed by atoms with van der Waals surface area (Å²) in [6.07, 6.45) is 4.09. The first-order valence-electron chi connectivity index (χ1n) is 6.51. The van der Waals surface area contributed by atoms with Gasteiger partial charge < -0.3 is 5.32 Å². The number of anilines is 1. The highest BCUT2D eigenvalue weighted by Gasteiger charge is 1.97. The van der Waals surface area contributed by atoms with Crippen LogP contribution in [0.15, 0.2) is 41.4 Å². The van der Waals surface area contributed by atoms with Gasteiger partial charge in [-0.25, -0.2) is 0 Å². The number of nitrogens with one attached hydrogen (secondary N) is 1. The zero-order valence-corrected chi connectivity index (χ0v) is 12.2. The summed E-state index contributed by atoms with van der Waals surface area (Å²) in [6, 6.07) is 12.7. The lowest BCUT2D eigenvalue weighted by molar-refractivity contribution is 0.911. The third kappa shape index (κ3) is 4.24.